The first-order valence-corrected chi connectivity index (χ1v) is 4.68. The van der Waals surface area contributed by atoms with Gasteiger partial charge in [-0.3, -0.25) is 4.79 Å². The van der Waals surface area contributed by atoms with Crippen molar-refractivity contribution >= 4 is 28.5 Å². The molecule has 0 spiro atoms. The Morgan fingerprint density at radius 1 is 1.47 bits per heavy atom. The second-order valence-corrected chi connectivity index (χ2v) is 3.67. The summed E-state index contributed by atoms with van der Waals surface area (Å²) in [6, 6.07) is 1.65. The normalized spacial score (nSPS) is 10.6. The molecule has 0 bridgehead atoms. The van der Waals surface area contributed by atoms with E-state index in [1.54, 1.807) is 20.2 Å². The zero-order valence-corrected chi connectivity index (χ0v) is 9.04. The van der Waals surface area contributed by atoms with Crippen molar-refractivity contribution in [3.05, 3.63) is 23.2 Å². The van der Waals surface area contributed by atoms with Gasteiger partial charge in [0.15, 0.2) is 0 Å². The Balaban J connectivity index is 2.57. The molecule has 0 fully saturated rings. The number of carbonyl (C=O) groups excluding carboxylic acids is 1. The summed E-state index contributed by atoms with van der Waals surface area (Å²) in [4.78, 5) is 23.8. The molecule has 0 saturated heterocycles. The summed E-state index contributed by atoms with van der Waals surface area (Å²) in [5.74, 6) is -0.121. The van der Waals surface area contributed by atoms with E-state index in [0.717, 1.165) is 0 Å². The van der Waals surface area contributed by atoms with Crippen LogP contribution in [0.5, 0.6) is 0 Å². The summed E-state index contributed by atoms with van der Waals surface area (Å²) in [7, 11) is 3.36. The van der Waals surface area contributed by atoms with Gasteiger partial charge in [-0.1, -0.05) is 11.6 Å². The molecule has 1 amide bonds. The lowest BCUT2D eigenvalue weighted by Crippen LogP contribution is -2.21. The van der Waals surface area contributed by atoms with Crippen molar-refractivity contribution in [3.63, 3.8) is 0 Å². The topological polar surface area (TPSA) is 61.9 Å². The molecule has 78 valence electrons. The number of aromatic nitrogens is 3. The van der Waals surface area contributed by atoms with E-state index in [0.29, 0.717) is 21.9 Å². The van der Waals surface area contributed by atoms with Gasteiger partial charge in [0.25, 0.3) is 5.91 Å². The summed E-state index contributed by atoms with van der Waals surface area (Å²) in [5, 5.41) is 0.999. The fraction of sp³-hybridized carbons (Fsp3) is 0.222. The predicted octanol–water partition coefficient (Wildman–Crippen LogP) is 1.31. The highest BCUT2D eigenvalue weighted by atomic mass is 35.5. The molecule has 0 atom stereocenters. The molecule has 6 heteroatoms. The van der Waals surface area contributed by atoms with Crippen molar-refractivity contribution in [2.24, 2.45) is 0 Å². The highest BCUT2D eigenvalue weighted by Crippen LogP contribution is 2.20. The molecule has 0 aliphatic carbocycles. The molecule has 0 unspecified atom stereocenters. The lowest BCUT2D eigenvalue weighted by molar-refractivity contribution is 0.0823. The summed E-state index contributed by atoms with van der Waals surface area (Å²) in [5.41, 5.74) is 1.03. The fourth-order valence-corrected chi connectivity index (χ4v) is 1.45. The SMILES string of the molecule is CN(C)C(=O)c1cc2c(Cl)ncnc2[nH]1. The van der Waals surface area contributed by atoms with Crippen molar-refractivity contribution in [1.29, 1.82) is 0 Å². The van der Waals surface area contributed by atoms with Gasteiger partial charge >= 0.3 is 0 Å². The van der Waals surface area contributed by atoms with E-state index in [1.165, 1.54) is 11.2 Å². The monoisotopic (exact) mass is 224 g/mol. The Labute approximate surface area is 91.1 Å². The van der Waals surface area contributed by atoms with Crippen LogP contribution in [0.2, 0.25) is 5.15 Å². The zero-order chi connectivity index (χ0) is 11.0. The third kappa shape index (κ3) is 1.66. The van der Waals surface area contributed by atoms with E-state index in [2.05, 4.69) is 15.0 Å². The van der Waals surface area contributed by atoms with Gasteiger partial charge in [-0.25, -0.2) is 9.97 Å². The first-order chi connectivity index (χ1) is 7.09. The lowest BCUT2D eigenvalue weighted by Gasteiger charge is -2.07. The van der Waals surface area contributed by atoms with Crippen molar-refractivity contribution < 1.29 is 4.79 Å². The molecular formula is C9H9ClN4O. The minimum atomic E-state index is -0.121. The van der Waals surface area contributed by atoms with Crippen molar-refractivity contribution in [3.8, 4) is 0 Å². The molecule has 15 heavy (non-hydrogen) atoms. The number of rotatable bonds is 1. The Bertz CT molecular complexity index is 520. The number of H-pyrrole nitrogens is 1. The maximum absolute atomic E-state index is 11.6. The van der Waals surface area contributed by atoms with Gasteiger partial charge in [-0.15, -0.1) is 0 Å². The second-order valence-electron chi connectivity index (χ2n) is 3.31. The molecule has 0 saturated carbocycles. The van der Waals surface area contributed by atoms with Crippen LogP contribution < -0.4 is 0 Å². The van der Waals surface area contributed by atoms with E-state index < -0.39 is 0 Å². The van der Waals surface area contributed by atoms with E-state index in [4.69, 9.17) is 11.6 Å². The van der Waals surface area contributed by atoms with E-state index >= 15 is 0 Å². The van der Waals surface area contributed by atoms with Crippen LogP contribution >= 0.6 is 11.6 Å². The van der Waals surface area contributed by atoms with Gasteiger partial charge in [-0.2, -0.15) is 0 Å². The first kappa shape index (κ1) is 9.92. The average Bonchev–Trinajstić information content (AvgIpc) is 2.61. The van der Waals surface area contributed by atoms with Crippen LogP contribution in [0.25, 0.3) is 11.0 Å². The molecule has 0 aromatic carbocycles. The predicted molar refractivity (Wildman–Crippen MR) is 56.9 cm³/mol. The van der Waals surface area contributed by atoms with Crippen LogP contribution in [0.4, 0.5) is 0 Å². The van der Waals surface area contributed by atoms with Crippen LogP contribution in [0.3, 0.4) is 0 Å². The van der Waals surface area contributed by atoms with Gasteiger partial charge in [0.2, 0.25) is 0 Å². The Hall–Kier alpha value is -1.62. The third-order valence-electron chi connectivity index (χ3n) is 2.01. The molecule has 2 aromatic heterocycles. The summed E-state index contributed by atoms with van der Waals surface area (Å²) < 4.78 is 0. The Morgan fingerprint density at radius 3 is 2.80 bits per heavy atom. The number of halogens is 1. The minimum Gasteiger partial charge on any atom is -0.344 e. The molecule has 0 aliphatic heterocycles. The van der Waals surface area contributed by atoms with Gasteiger partial charge in [-0.05, 0) is 6.07 Å². The van der Waals surface area contributed by atoms with Crippen LogP contribution in [0, 0.1) is 0 Å². The van der Waals surface area contributed by atoms with Gasteiger partial charge in [0.1, 0.15) is 22.8 Å². The quantitative estimate of drug-likeness (QED) is 0.743. The van der Waals surface area contributed by atoms with E-state index in [1.807, 2.05) is 0 Å². The molecule has 2 rings (SSSR count). The van der Waals surface area contributed by atoms with Crippen molar-refractivity contribution in [1.82, 2.24) is 19.9 Å². The van der Waals surface area contributed by atoms with Crippen molar-refractivity contribution in [2.45, 2.75) is 0 Å². The number of aromatic amines is 1. The number of nitrogens with one attached hydrogen (secondary N) is 1. The zero-order valence-electron chi connectivity index (χ0n) is 8.28. The minimum absolute atomic E-state index is 0.121. The third-order valence-corrected chi connectivity index (χ3v) is 2.31. The Kier molecular flexibility index (Phi) is 2.32. The fourth-order valence-electron chi connectivity index (χ4n) is 1.27. The molecule has 2 aromatic rings. The molecule has 0 radical (unpaired) electrons. The maximum Gasteiger partial charge on any atom is 0.269 e. The van der Waals surface area contributed by atoms with Crippen LogP contribution in [0.1, 0.15) is 10.5 Å². The molecule has 5 nitrogen and oxygen atoms in total. The van der Waals surface area contributed by atoms with Gasteiger partial charge in [0, 0.05) is 14.1 Å². The van der Waals surface area contributed by atoms with Gasteiger partial charge in [0.05, 0.1) is 5.39 Å². The van der Waals surface area contributed by atoms with Crippen LogP contribution in [-0.4, -0.2) is 39.9 Å². The smallest absolute Gasteiger partial charge is 0.269 e. The number of amides is 1. The highest BCUT2D eigenvalue weighted by Gasteiger charge is 2.13. The van der Waals surface area contributed by atoms with E-state index in [9.17, 15) is 4.79 Å². The van der Waals surface area contributed by atoms with Crippen LogP contribution in [0.15, 0.2) is 12.4 Å². The number of nitrogens with zero attached hydrogens (tertiary/aromatic N) is 3. The Morgan fingerprint density at radius 2 is 2.20 bits per heavy atom. The van der Waals surface area contributed by atoms with Crippen molar-refractivity contribution in [2.75, 3.05) is 14.1 Å². The molecule has 0 aliphatic rings. The van der Waals surface area contributed by atoms with Gasteiger partial charge < -0.3 is 9.88 Å². The maximum atomic E-state index is 11.6. The summed E-state index contributed by atoms with van der Waals surface area (Å²) in [6.07, 6.45) is 1.35. The number of fused-ring (bicyclic) bond motifs is 1. The molecule has 2 heterocycles. The number of hydrogen-bond donors (Lipinski definition) is 1. The summed E-state index contributed by atoms with van der Waals surface area (Å²) >= 11 is 5.86. The van der Waals surface area contributed by atoms with E-state index in [-0.39, 0.29) is 5.91 Å². The average molecular weight is 225 g/mol. The largest absolute Gasteiger partial charge is 0.344 e. The summed E-state index contributed by atoms with van der Waals surface area (Å²) in [6.45, 7) is 0. The van der Waals surface area contributed by atoms with Crippen LogP contribution in [-0.2, 0) is 0 Å². The number of carbonyl (C=O) groups is 1. The molecule has 1 N–H and O–H groups in total. The second kappa shape index (κ2) is 3.51. The highest BCUT2D eigenvalue weighted by molar-refractivity contribution is 6.34. The standard InChI is InChI=1S/C9H9ClN4O/c1-14(2)9(15)6-3-5-7(10)11-4-12-8(5)13-6/h3-4H,1-2H3,(H,11,12,13). The lowest BCUT2D eigenvalue weighted by atomic mass is 10.3. The first-order valence-electron chi connectivity index (χ1n) is 4.30. The number of hydrogen-bond acceptors (Lipinski definition) is 3. The molecular weight excluding hydrogens is 216 g/mol.